The Labute approximate surface area is 196 Å². The number of rotatable bonds is 5. The number of nitrogens with zero attached hydrogens (tertiary/aromatic N) is 3. The highest BCUT2D eigenvalue weighted by atomic mass is 16.5. The lowest BCUT2D eigenvalue weighted by Crippen LogP contribution is -2.68. The van der Waals surface area contributed by atoms with Crippen LogP contribution in [-0.4, -0.2) is 55.2 Å². The Kier molecular flexibility index (Phi) is 5.54. The number of carbonyl (C=O) groups is 1. The smallest absolute Gasteiger partial charge is 0.321 e. The molecule has 3 aliphatic rings. The van der Waals surface area contributed by atoms with Crippen molar-refractivity contribution >= 4 is 11.7 Å². The first-order valence-electron chi connectivity index (χ1n) is 11.9. The van der Waals surface area contributed by atoms with E-state index in [1.165, 1.54) is 24.0 Å². The molecule has 0 radical (unpaired) electrons. The Bertz CT molecular complexity index is 1090. The number of benzene rings is 2. The second kappa shape index (κ2) is 8.39. The van der Waals surface area contributed by atoms with E-state index in [9.17, 15) is 4.79 Å². The van der Waals surface area contributed by atoms with Gasteiger partial charge in [-0.25, -0.2) is 4.79 Å². The van der Waals surface area contributed by atoms with Crippen molar-refractivity contribution in [1.29, 1.82) is 5.26 Å². The average molecular weight is 445 g/mol. The SMILES string of the molecule is COc1ccc2c(c1)[C@@]1(C)CCN(CC3CC3)C(C2)[C@H]1N(C)C(=O)Nc1ccc(C#N)cc1. The Morgan fingerprint density at radius 1 is 1.27 bits per heavy atom. The lowest BCUT2D eigenvalue weighted by atomic mass is 9.61. The summed E-state index contributed by atoms with van der Waals surface area (Å²) in [4.78, 5) is 18.0. The van der Waals surface area contributed by atoms with E-state index in [1.807, 2.05) is 11.9 Å². The minimum Gasteiger partial charge on any atom is -0.497 e. The Balaban J connectivity index is 1.47. The second-order valence-electron chi connectivity index (χ2n) is 10.1. The quantitative estimate of drug-likeness (QED) is 0.742. The number of hydrogen-bond donors (Lipinski definition) is 1. The third kappa shape index (κ3) is 3.95. The van der Waals surface area contributed by atoms with E-state index >= 15 is 0 Å². The molecule has 5 rings (SSSR count). The molecule has 1 unspecified atom stereocenters. The zero-order valence-electron chi connectivity index (χ0n) is 19.7. The molecule has 1 heterocycles. The lowest BCUT2D eigenvalue weighted by Gasteiger charge is -2.58. The monoisotopic (exact) mass is 444 g/mol. The number of carbonyl (C=O) groups excluding carboxylic acids is 1. The van der Waals surface area contributed by atoms with Crippen molar-refractivity contribution in [2.75, 3.05) is 32.6 Å². The number of likely N-dealkylation sites (tertiary alicyclic amines) is 1. The van der Waals surface area contributed by atoms with E-state index in [0.29, 0.717) is 17.3 Å². The van der Waals surface area contributed by atoms with E-state index in [0.717, 1.165) is 37.6 Å². The lowest BCUT2D eigenvalue weighted by molar-refractivity contribution is 0.00456. The summed E-state index contributed by atoms with van der Waals surface area (Å²) in [7, 11) is 3.64. The van der Waals surface area contributed by atoms with Crippen LogP contribution in [0.25, 0.3) is 0 Å². The first kappa shape index (κ1) is 21.8. The summed E-state index contributed by atoms with van der Waals surface area (Å²) >= 11 is 0. The summed E-state index contributed by atoms with van der Waals surface area (Å²) in [5.41, 5.74) is 3.82. The first-order valence-corrected chi connectivity index (χ1v) is 11.9. The van der Waals surface area contributed by atoms with Crippen LogP contribution in [0.4, 0.5) is 10.5 Å². The average Bonchev–Trinajstić information content (AvgIpc) is 3.65. The Hall–Kier alpha value is -3.04. The van der Waals surface area contributed by atoms with Gasteiger partial charge in [-0.1, -0.05) is 13.0 Å². The molecule has 2 fully saturated rings. The number of urea groups is 1. The number of nitrogens with one attached hydrogen (secondary N) is 1. The van der Waals surface area contributed by atoms with Crippen molar-refractivity contribution in [2.45, 2.75) is 50.1 Å². The molecule has 3 atom stereocenters. The van der Waals surface area contributed by atoms with Crippen LogP contribution in [0.5, 0.6) is 5.75 Å². The van der Waals surface area contributed by atoms with Gasteiger partial charge in [0.05, 0.1) is 24.8 Å². The second-order valence-corrected chi connectivity index (χ2v) is 10.1. The number of methoxy groups -OCH3 is 1. The van der Waals surface area contributed by atoms with Crippen molar-refractivity contribution < 1.29 is 9.53 Å². The highest BCUT2D eigenvalue weighted by Gasteiger charge is 2.53. The molecule has 172 valence electrons. The van der Waals surface area contributed by atoms with Crippen LogP contribution in [0.1, 0.15) is 42.9 Å². The van der Waals surface area contributed by atoms with Crippen LogP contribution in [0.15, 0.2) is 42.5 Å². The molecule has 1 saturated carbocycles. The third-order valence-corrected chi connectivity index (χ3v) is 7.96. The van der Waals surface area contributed by atoms with Gasteiger partial charge in [-0.05, 0) is 85.7 Å². The molecule has 2 aliphatic carbocycles. The maximum Gasteiger partial charge on any atom is 0.321 e. The molecule has 6 heteroatoms. The fraction of sp³-hybridized carbons (Fsp3) is 0.481. The molecule has 33 heavy (non-hydrogen) atoms. The zero-order valence-corrected chi connectivity index (χ0v) is 19.7. The van der Waals surface area contributed by atoms with Gasteiger partial charge in [-0.2, -0.15) is 5.26 Å². The molecule has 0 spiro atoms. The van der Waals surface area contributed by atoms with Crippen molar-refractivity contribution in [3.8, 4) is 11.8 Å². The molecule has 1 aliphatic heterocycles. The molecule has 6 nitrogen and oxygen atoms in total. The highest BCUT2D eigenvalue weighted by Crippen LogP contribution is 2.48. The van der Waals surface area contributed by atoms with Gasteiger partial charge in [0.25, 0.3) is 0 Å². The van der Waals surface area contributed by atoms with Crippen LogP contribution in [0, 0.1) is 17.2 Å². The minimum absolute atomic E-state index is 0.0583. The normalized spacial score (nSPS) is 26.1. The van der Waals surface area contributed by atoms with Gasteiger partial charge in [-0.3, -0.25) is 4.90 Å². The maximum atomic E-state index is 13.4. The highest BCUT2D eigenvalue weighted by molar-refractivity contribution is 5.89. The van der Waals surface area contributed by atoms with Gasteiger partial charge < -0.3 is 15.0 Å². The standard InChI is InChI=1S/C27H32N4O2/c1-27-12-13-31(17-19-4-5-19)24(14-20-8-11-22(33-3)15-23(20)27)25(27)30(2)26(32)29-21-9-6-18(16-28)7-10-21/h6-11,15,19,24-25H,4-5,12-14,17H2,1-3H3,(H,29,32)/t24?,25-,27-/m1/s1. The zero-order chi connectivity index (χ0) is 23.2. The number of amides is 2. The minimum atomic E-state index is -0.149. The van der Waals surface area contributed by atoms with Crippen LogP contribution in [0.2, 0.25) is 0 Å². The summed E-state index contributed by atoms with van der Waals surface area (Å²) in [5, 5.41) is 12.1. The summed E-state index contributed by atoms with van der Waals surface area (Å²) in [6.45, 7) is 4.52. The van der Waals surface area contributed by atoms with E-state index in [1.54, 1.807) is 31.4 Å². The van der Waals surface area contributed by atoms with Crippen molar-refractivity contribution in [2.24, 2.45) is 5.92 Å². The third-order valence-electron chi connectivity index (χ3n) is 7.96. The number of fused-ring (bicyclic) bond motifs is 4. The molecule has 1 N–H and O–H groups in total. The molecular weight excluding hydrogens is 412 g/mol. The fourth-order valence-corrected chi connectivity index (χ4v) is 5.98. The number of nitriles is 1. The molecule has 2 aromatic carbocycles. The number of anilines is 1. The summed E-state index contributed by atoms with van der Waals surface area (Å²) in [6.07, 6.45) is 4.61. The van der Waals surface area contributed by atoms with Crippen LogP contribution in [0.3, 0.4) is 0 Å². The maximum absolute atomic E-state index is 13.4. The number of hydrogen-bond acceptors (Lipinski definition) is 4. The number of piperidine rings is 1. The summed E-state index contributed by atoms with van der Waals surface area (Å²) in [6, 6.07) is 15.8. The molecular formula is C27H32N4O2. The van der Waals surface area contributed by atoms with Gasteiger partial charge in [0, 0.05) is 30.7 Å². The summed E-state index contributed by atoms with van der Waals surface area (Å²) in [5.74, 6) is 1.68. The molecule has 0 aromatic heterocycles. The van der Waals surface area contributed by atoms with E-state index in [4.69, 9.17) is 10.00 Å². The van der Waals surface area contributed by atoms with E-state index in [-0.39, 0.29) is 17.5 Å². The van der Waals surface area contributed by atoms with Crippen LogP contribution >= 0.6 is 0 Å². The van der Waals surface area contributed by atoms with Gasteiger partial charge in [-0.15, -0.1) is 0 Å². The molecule has 1 saturated heterocycles. The predicted molar refractivity (Wildman–Crippen MR) is 128 cm³/mol. The summed E-state index contributed by atoms with van der Waals surface area (Å²) < 4.78 is 5.56. The first-order chi connectivity index (χ1) is 15.9. The fourth-order valence-electron chi connectivity index (χ4n) is 5.98. The number of ether oxygens (including phenoxy) is 1. The van der Waals surface area contributed by atoms with Gasteiger partial charge in [0.1, 0.15) is 5.75 Å². The molecule has 2 aromatic rings. The van der Waals surface area contributed by atoms with E-state index in [2.05, 4.69) is 41.4 Å². The van der Waals surface area contributed by atoms with Crippen molar-refractivity contribution in [3.63, 3.8) is 0 Å². The van der Waals surface area contributed by atoms with Crippen molar-refractivity contribution in [1.82, 2.24) is 9.80 Å². The van der Waals surface area contributed by atoms with Gasteiger partial charge >= 0.3 is 6.03 Å². The van der Waals surface area contributed by atoms with Crippen LogP contribution in [-0.2, 0) is 11.8 Å². The Morgan fingerprint density at radius 2 is 2.03 bits per heavy atom. The van der Waals surface area contributed by atoms with Gasteiger partial charge in [0.2, 0.25) is 0 Å². The molecule has 2 amide bonds. The Morgan fingerprint density at radius 3 is 2.70 bits per heavy atom. The number of likely N-dealkylation sites (N-methyl/N-ethyl adjacent to an activating group) is 1. The molecule has 2 bridgehead atoms. The van der Waals surface area contributed by atoms with Gasteiger partial charge in [0.15, 0.2) is 0 Å². The van der Waals surface area contributed by atoms with Crippen LogP contribution < -0.4 is 10.1 Å². The largest absolute Gasteiger partial charge is 0.497 e. The van der Waals surface area contributed by atoms with Crippen molar-refractivity contribution in [3.05, 3.63) is 59.2 Å². The predicted octanol–water partition coefficient (Wildman–Crippen LogP) is 4.40. The topological polar surface area (TPSA) is 68.6 Å². The van der Waals surface area contributed by atoms with E-state index < -0.39 is 0 Å².